The number of rotatable bonds is 3. The number of likely N-dealkylation sites (tertiary alicyclic amines) is 1. The van der Waals surface area contributed by atoms with Crippen molar-refractivity contribution in [2.24, 2.45) is 5.92 Å². The Kier molecular flexibility index (Phi) is 4.68. The van der Waals surface area contributed by atoms with Crippen LogP contribution in [0.4, 0.5) is 4.79 Å². The van der Waals surface area contributed by atoms with Crippen LogP contribution in [0.5, 0.6) is 0 Å². The molecule has 3 amide bonds. The molecule has 1 saturated heterocycles. The number of carbonyl (C=O) groups excluding carboxylic acids is 2. The fourth-order valence-corrected chi connectivity index (χ4v) is 5.47. The van der Waals surface area contributed by atoms with Crippen molar-refractivity contribution in [3.05, 3.63) is 0 Å². The van der Waals surface area contributed by atoms with Gasteiger partial charge in [0.05, 0.1) is 0 Å². The van der Waals surface area contributed by atoms with Crippen LogP contribution in [0.25, 0.3) is 0 Å². The molecule has 5 nitrogen and oxygen atoms in total. The van der Waals surface area contributed by atoms with Gasteiger partial charge in [-0.15, -0.1) is 0 Å². The Balaban J connectivity index is 1.41. The van der Waals surface area contributed by atoms with Crippen molar-refractivity contribution in [2.45, 2.75) is 101 Å². The summed E-state index contributed by atoms with van der Waals surface area (Å²) >= 11 is 0. The van der Waals surface area contributed by atoms with E-state index < -0.39 is 0 Å². The highest BCUT2D eigenvalue weighted by atomic mass is 16.2. The Morgan fingerprint density at radius 3 is 2.08 bits per heavy atom. The second-order valence-electron chi connectivity index (χ2n) is 8.35. The van der Waals surface area contributed by atoms with Gasteiger partial charge in [-0.25, -0.2) is 4.79 Å². The highest BCUT2D eigenvalue weighted by molar-refractivity contribution is 5.89. The number of urea groups is 1. The largest absolute Gasteiger partial charge is 0.352 e. The van der Waals surface area contributed by atoms with Gasteiger partial charge in [-0.3, -0.25) is 4.79 Å². The molecular weight excluding hydrogens is 302 g/mol. The quantitative estimate of drug-likeness (QED) is 0.834. The average Bonchev–Trinajstić information content (AvgIpc) is 3.32. The number of fused-ring (bicyclic) bond motifs is 2. The Morgan fingerprint density at radius 2 is 1.38 bits per heavy atom. The monoisotopic (exact) mass is 333 g/mol. The lowest BCUT2D eigenvalue weighted by Gasteiger charge is -2.36. The number of nitrogens with zero attached hydrogens (tertiary/aromatic N) is 1. The molecule has 134 valence electrons. The van der Waals surface area contributed by atoms with Crippen LogP contribution in [0.2, 0.25) is 0 Å². The van der Waals surface area contributed by atoms with Gasteiger partial charge in [-0.05, 0) is 50.9 Å². The molecule has 3 aliphatic carbocycles. The fraction of sp³-hybridized carbons (Fsp3) is 0.895. The minimum absolute atomic E-state index is 0.0145. The second kappa shape index (κ2) is 6.93. The first-order valence-electron chi connectivity index (χ1n) is 10.1. The number of carbonyl (C=O) groups is 2. The standard InChI is InChI=1S/C19H31N3O2/c23-18(20-14-8-4-5-9-14)17-13-10-11-16(12-13)22(17)19(24)21-15-6-2-1-3-7-15/h13-17H,1-12H2,(H,20,23)(H,21,24)/t13-,16-,17+/m0/s1. The zero-order chi connectivity index (χ0) is 16.5. The topological polar surface area (TPSA) is 61.4 Å². The van der Waals surface area contributed by atoms with Crippen molar-refractivity contribution in [3.8, 4) is 0 Å². The molecule has 24 heavy (non-hydrogen) atoms. The number of piperidine rings is 1. The van der Waals surface area contributed by atoms with E-state index >= 15 is 0 Å². The first kappa shape index (κ1) is 16.2. The van der Waals surface area contributed by atoms with E-state index in [4.69, 9.17) is 0 Å². The maximum absolute atomic E-state index is 12.9. The molecule has 4 aliphatic rings. The lowest BCUT2D eigenvalue weighted by molar-refractivity contribution is -0.127. The molecule has 1 heterocycles. The second-order valence-corrected chi connectivity index (χ2v) is 8.35. The SMILES string of the molecule is O=C(NC1CCCC1)[C@H]1[C@H]2CC[C@@H](C2)N1C(=O)NC1CCCCC1. The molecule has 1 aliphatic heterocycles. The molecule has 5 heteroatoms. The van der Waals surface area contributed by atoms with Crippen LogP contribution in [0.1, 0.15) is 77.0 Å². The Hall–Kier alpha value is -1.26. The van der Waals surface area contributed by atoms with Crippen LogP contribution in [0.3, 0.4) is 0 Å². The molecule has 3 saturated carbocycles. The molecule has 0 aromatic carbocycles. The molecule has 0 aromatic heterocycles. The number of hydrogen-bond acceptors (Lipinski definition) is 2. The predicted molar refractivity (Wildman–Crippen MR) is 92.6 cm³/mol. The third kappa shape index (κ3) is 3.14. The predicted octanol–water partition coefficient (Wildman–Crippen LogP) is 2.94. The van der Waals surface area contributed by atoms with E-state index in [2.05, 4.69) is 10.6 Å². The van der Waals surface area contributed by atoms with Gasteiger partial charge in [0.25, 0.3) is 0 Å². The van der Waals surface area contributed by atoms with E-state index in [1.54, 1.807) is 0 Å². The van der Waals surface area contributed by atoms with E-state index in [-0.39, 0.29) is 24.0 Å². The smallest absolute Gasteiger partial charge is 0.318 e. The van der Waals surface area contributed by atoms with E-state index in [9.17, 15) is 9.59 Å². The summed E-state index contributed by atoms with van der Waals surface area (Å²) in [4.78, 5) is 27.7. The first-order valence-corrected chi connectivity index (χ1v) is 10.1. The van der Waals surface area contributed by atoms with E-state index in [1.807, 2.05) is 4.90 Å². The summed E-state index contributed by atoms with van der Waals surface area (Å²) in [6.45, 7) is 0. The summed E-state index contributed by atoms with van der Waals surface area (Å²) in [7, 11) is 0. The van der Waals surface area contributed by atoms with Crippen LogP contribution in [-0.4, -0.2) is 41.0 Å². The lowest BCUT2D eigenvalue weighted by atomic mass is 9.95. The molecule has 0 aromatic rings. The number of hydrogen-bond donors (Lipinski definition) is 2. The average molecular weight is 333 g/mol. The van der Waals surface area contributed by atoms with E-state index in [1.165, 1.54) is 32.1 Å². The Morgan fingerprint density at radius 1 is 0.750 bits per heavy atom. The van der Waals surface area contributed by atoms with Gasteiger partial charge in [0.15, 0.2) is 0 Å². The summed E-state index contributed by atoms with van der Waals surface area (Å²) in [5.74, 6) is 0.474. The van der Waals surface area contributed by atoms with Crippen LogP contribution in [0.15, 0.2) is 0 Å². The molecule has 2 bridgehead atoms. The Bertz CT molecular complexity index is 483. The van der Waals surface area contributed by atoms with Gasteiger partial charge in [0, 0.05) is 18.1 Å². The zero-order valence-corrected chi connectivity index (χ0v) is 14.6. The molecule has 0 radical (unpaired) electrons. The maximum atomic E-state index is 12.9. The first-order chi connectivity index (χ1) is 11.7. The van der Waals surface area contributed by atoms with Crippen LogP contribution in [0, 0.1) is 5.92 Å². The summed E-state index contributed by atoms with van der Waals surface area (Å²) in [5.41, 5.74) is 0. The van der Waals surface area contributed by atoms with Crippen molar-refractivity contribution in [2.75, 3.05) is 0 Å². The summed E-state index contributed by atoms with van der Waals surface area (Å²) < 4.78 is 0. The van der Waals surface area contributed by atoms with Gasteiger partial charge in [0.2, 0.25) is 5.91 Å². The van der Waals surface area contributed by atoms with Gasteiger partial charge in [-0.1, -0.05) is 32.1 Å². The lowest BCUT2D eigenvalue weighted by Crippen LogP contribution is -2.57. The fourth-order valence-electron chi connectivity index (χ4n) is 5.47. The zero-order valence-electron chi connectivity index (χ0n) is 14.6. The Labute approximate surface area is 144 Å². The third-order valence-corrected chi connectivity index (χ3v) is 6.72. The van der Waals surface area contributed by atoms with Crippen molar-refractivity contribution in [3.63, 3.8) is 0 Å². The van der Waals surface area contributed by atoms with Gasteiger partial charge in [0.1, 0.15) is 6.04 Å². The van der Waals surface area contributed by atoms with Crippen molar-refractivity contribution >= 4 is 11.9 Å². The maximum Gasteiger partial charge on any atom is 0.318 e. The molecule has 4 fully saturated rings. The molecule has 2 N–H and O–H groups in total. The van der Waals surface area contributed by atoms with Crippen molar-refractivity contribution in [1.82, 2.24) is 15.5 Å². The van der Waals surface area contributed by atoms with Crippen molar-refractivity contribution in [1.29, 1.82) is 0 Å². The van der Waals surface area contributed by atoms with Gasteiger partial charge in [-0.2, -0.15) is 0 Å². The van der Waals surface area contributed by atoms with Crippen LogP contribution in [-0.2, 0) is 4.79 Å². The molecular formula is C19H31N3O2. The van der Waals surface area contributed by atoms with Crippen LogP contribution >= 0.6 is 0 Å². The third-order valence-electron chi connectivity index (χ3n) is 6.72. The minimum atomic E-state index is -0.229. The highest BCUT2D eigenvalue weighted by Gasteiger charge is 2.51. The summed E-state index contributed by atoms with van der Waals surface area (Å²) in [6.07, 6.45) is 13.7. The van der Waals surface area contributed by atoms with Gasteiger partial charge >= 0.3 is 6.03 Å². The molecule has 0 unspecified atom stereocenters. The highest BCUT2D eigenvalue weighted by Crippen LogP contribution is 2.42. The van der Waals surface area contributed by atoms with E-state index in [0.717, 1.165) is 44.9 Å². The molecule has 0 spiro atoms. The number of nitrogens with one attached hydrogen (secondary N) is 2. The van der Waals surface area contributed by atoms with Crippen LogP contribution < -0.4 is 10.6 Å². The van der Waals surface area contributed by atoms with E-state index in [0.29, 0.717) is 18.0 Å². The molecule has 3 atom stereocenters. The summed E-state index contributed by atoms with van der Waals surface area (Å²) in [5, 5.41) is 6.46. The minimum Gasteiger partial charge on any atom is -0.352 e. The normalized spacial score (nSPS) is 33.8. The van der Waals surface area contributed by atoms with Gasteiger partial charge < -0.3 is 15.5 Å². The summed E-state index contributed by atoms with van der Waals surface area (Å²) in [6, 6.07) is 0.704. The van der Waals surface area contributed by atoms with Crippen molar-refractivity contribution < 1.29 is 9.59 Å². The molecule has 4 rings (SSSR count). The number of amides is 3.